The molecule has 0 unspecified atom stereocenters. The first-order valence-electron chi connectivity index (χ1n) is 6.70. The van der Waals surface area contributed by atoms with Gasteiger partial charge in [0.05, 0.1) is 6.26 Å². The van der Waals surface area contributed by atoms with E-state index in [0.717, 1.165) is 17.7 Å². The van der Waals surface area contributed by atoms with Gasteiger partial charge in [0.1, 0.15) is 12.2 Å². The monoisotopic (exact) mass is 288 g/mol. The lowest BCUT2D eigenvalue weighted by Crippen LogP contribution is -2.24. The normalized spacial score (nSPS) is 15.3. The highest BCUT2D eigenvalue weighted by atomic mass is 16.5. The molecule has 3 rings (SSSR count). The summed E-state index contributed by atoms with van der Waals surface area (Å²) in [4.78, 5) is 11.0. The van der Waals surface area contributed by atoms with Crippen molar-refractivity contribution < 1.29 is 23.8 Å². The van der Waals surface area contributed by atoms with Gasteiger partial charge in [0.2, 0.25) is 5.76 Å². The van der Waals surface area contributed by atoms with Crippen molar-refractivity contribution in [2.45, 2.75) is 32.5 Å². The molecule has 21 heavy (non-hydrogen) atoms. The van der Waals surface area contributed by atoms with E-state index in [9.17, 15) is 4.79 Å². The number of fused-ring (bicyclic) bond motifs is 1. The highest BCUT2D eigenvalue weighted by molar-refractivity contribution is 5.86. The smallest absolute Gasteiger partial charge is 0.372 e. The third-order valence-electron chi connectivity index (χ3n) is 3.38. The Morgan fingerprint density at radius 2 is 2.19 bits per heavy atom. The molecule has 5 heteroatoms. The molecule has 110 valence electrons. The molecule has 5 nitrogen and oxygen atoms in total. The van der Waals surface area contributed by atoms with Crippen LogP contribution in [0.3, 0.4) is 0 Å². The lowest BCUT2D eigenvalue weighted by atomic mass is 10.0. The number of carboxylic acids is 1. The molecule has 2 aromatic rings. The molecule has 1 aliphatic heterocycles. The summed E-state index contributed by atoms with van der Waals surface area (Å²) in [6.45, 7) is 4.17. The summed E-state index contributed by atoms with van der Waals surface area (Å²) in [5, 5.41) is 9.00. The molecule has 0 aliphatic carbocycles. The molecule has 0 saturated heterocycles. The van der Waals surface area contributed by atoms with E-state index < -0.39 is 5.97 Å². The number of ether oxygens (including phenoxy) is 2. The zero-order valence-electron chi connectivity index (χ0n) is 11.9. The standard InChI is InChI=1S/C16H16O5/c1-16(2)8-10-4-3-5-12(13(10)21-16)20-9-11-6-7-19-14(11)15(17)18/h3-7H,8-9H2,1-2H3,(H,17,18). The summed E-state index contributed by atoms with van der Waals surface area (Å²) in [5.41, 5.74) is 1.35. The van der Waals surface area contributed by atoms with Crippen molar-refractivity contribution in [2.24, 2.45) is 0 Å². The predicted octanol–water partition coefficient (Wildman–Crippen LogP) is 3.27. The van der Waals surface area contributed by atoms with Crippen molar-refractivity contribution in [3.63, 3.8) is 0 Å². The van der Waals surface area contributed by atoms with Gasteiger partial charge in [-0.3, -0.25) is 0 Å². The van der Waals surface area contributed by atoms with Crippen LogP contribution in [0.2, 0.25) is 0 Å². The Morgan fingerprint density at radius 1 is 1.38 bits per heavy atom. The molecule has 0 atom stereocenters. The van der Waals surface area contributed by atoms with Gasteiger partial charge in [0.15, 0.2) is 11.5 Å². The van der Waals surface area contributed by atoms with Crippen LogP contribution in [-0.2, 0) is 13.0 Å². The van der Waals surface area contributed by atoms with Crippen molar-refractivity contribution in [3.05, 3.63) is 47.4 Å². The molecule has 1 aromatic heterocycles. The highest BCUT2D eigenvalue weighted by Crippen LogP contribution is 2.42. The van der Waals surface area contributed by atoms with Crippen LogP contribution in [0.25, 0.3) is 0 Å². The second-order valence-electron chi connectivity index (χ2n) is 5.65. The third kappa shape index (κ3) is 2.59. The quantitative estimate of drug-likeness (QED) is 0.935. The minimum absolute atomic E-state index is 0.0937. The lowest BCUT2D eigenvalue weighted by Gasteiger charge is -2.18. The summed E-state index contributed by atoms with van der Waals surface area (Å²) in [6, 6.07) is 7.34. The van der Waals surface area contributed by atoms with E-state index in [-0.39, 0.29) is 18.0 Å². The second kappa shape index (κ2) is 4.84. The Morgan fingerprint density at radius 3 is 2.95 bits per heavy atom. The Kier molecular flexibility index (Phi) is 3.12. The van der Waals surface area contributed by atoms with Crippen molar-refractivity contribution in [1.82, 2.24) is 0 Å². The van der Waals surface area contributed by atoms with Gasteiger partial charge in [0.25, 0.3) is 0 Å². The van der Waals surface area contributed by atoms with E-state index in [0.29, 0.717) is 11.3 Å². The van der Waals surface area contributed by atoms with Gasteiger partial charge in [0, 0.05) is 17.5 Å². The van der Waals surface area contributed by atoms with Gasteiger partial charge in [-0.1, -0.05) is 12.1 Å². The molecule has 0 saturated carbocycles. The van der Waals surface area contributed by atoms with Gasteiger partial charge in [-0.15, -0.1) is 0 Å². The Hall–Kier alpha value is -2.43. The number of hydrogen-bond acceptors (Lipinski definition) is 4. The maximum atomic E-state index is 11.0. The Bertz CT molecular complexity index is 684. The zero-order valence-corrected chi connectivity index (χ0v) is 11.9. The van der Waals surface area contributed by atoms with Crippen LogP contribution < -0.4 is 9.47 Å². The van der Waals surface area contributed by atoms with E-state index in [1.165, 1.54) is 6.26 Å². The molecule has 0 bridgehead atoms. The summed E-state index contributed by atoms with van der Waals surface area (Å²) < 4.78 is 16.6. The van der Waals surface area contributed by atoms with Crippen LogP contribution in [0.15, 0.2) is 34.9 Å². The van der Waals surface area contributed by atoms with Crippen LogP contribution in [0, 0.1) is 0 Å². The fraction of sp³-hybridized carbons (Fsp3) is 0.312. The average Bonchev–Trinajstić information content (AvgIpc) is 2.98. The number of aromatic carboxylic acids is 1. The van der Waals surface area contributed by atoms with Crippen molar-refractivity contribution in [2.75, 3.05) is 0 Å². The maximum absolute atomic E-state index is 11.0. The number of hydrogen-bond donors (Lipinski definition) is 1. The molecular formula is C16H16O5. The summed E-state index contributed by atoms with van der Waals surface area (Å²) in [7, 11) is 0. The first kappa shape index (κ1) is 13.5. The SMILES string of the molecule is CC1(C)Cc2cccc(OCc3ccoc3C(=O)O)c2O1. The molecule has 0 amide bonds. The van der Waals surface area contributed by atoms with Crippen LogP contribution in [0.1, 0.15) is 35.5 Å². The molecule has 0 radical (unpaired) electrons. The molecule has 1 aliphatic rings. The Balaban J connectivity index is 1.80. The molecule has 0 spiro atoms. The number of benzene rings is 1. The summed E-state index contributed by atoms with van der Waals surface area (Å²) >= 11 is 0. The summed E-state index contributed by atoms with van der Waals surface area (Å²) in [5.74, 6) is 0.164. The first-order valence-corrected chi connectivity index (χ1v) is 6.70. The maximum Gasteiger partial charge on any atom is 0.372 e. The molecule has 0 fully saturated rings. The predicted molar refractivity (Wildman–Crippen MR) is 74.9 cm³/mol. The highest BCUT2D eigenvalue weighted by Gasteiger charge is 2.32. The zero-order chi connectivity index (χ0) is 15.0. The summed E-state index contributed by atoms with van der Waals surface area (Å²) in [6.07, 6.45) is 2.17. The van der Waals surface area contributed by atoms with Gasteiger partial charge in [-0.05, 0) is 26.0 Å². The number of carboxylic acid groups (broad SMARTS) is 1. The largest absolute Gasteiger partial charge is 0.485 e. The fourth-order valence-electron chi connectivity index (χ4n) is 2.49. The topological polar surface area (TPSA) is 68.9 Å². The minimum atomic E-state index is -1.10. The number of rotatable bonds is 4. The van der Waals surface area contributed by atoms with E-state index in [1.807, 2.05) is 32.0 Å². The molecular weight excluding hydrogens is 272 g/mol. The van der Waals surface area contributed by atoms with Gasteiger partial charge >= 0.3 is 5.97 Å². The van der Waals surface area contributed by atoms with E-state index in [1.54, 1.807) is 6.07 Å². The van der Waals surface area contributed by atoms with Crippen LogP contribution in [-0.4, -0.2) is 16.7 Å². The first-order chi connectivity index (χ1) is 9.96. The molecule has 1 N–H and O–H groups in total. The fourth-order valence-corrected chi connectivity index (χ4v) is 2.49. The van der Waals surface area contributed by atoms with Gasteiger partial charge in [-0.2, -0.15) is 0 Å². The number of carbonyl (C=O) groups is 1. The number of para-hydroxylation sites is 1. The molecule has 1 aromatic carbocycles. The Labute approximate surface area is 122 Å². The number of furan rings is 1. The van der Waals surface area contributed by atoms with Crippen molar-refractivity contribution in [3.8, 4) is 11.5 Å². The van der Waals surface area contributed by atoms with Crippen LogP contribution in [0.5, 0.6) is 11.5 Å². The van der Waals surface area contributed by atoms with Crippen molar-refractivity contribution in [1.29, 1.82) is 0 Å². The van der Waals surface area contributed by atoms with E-state index in [2.05, 4.69) is 0 Å². The van der Waals surface area contributed by atoms with E-state index >= 15 is 0 Å². The lowest BCUT2D eigenvalue weighted by molar-refractivity contribution is 0.0658. The van der Waals surface area contributed by atoms with Crippen LogP contribution >= 0.6 is 0 Å². The third-order valence-corrected chi connectivity index (χ3v) is 3.38. The van der Waals surface area contributed by atoms with Crippen molar-refractivity contribution >= 4 is 5.97 Å². The minimum Gasteiger partial charge on any atom is -0.485 e. The molecule has 2 heterocycles. The average molecular weight is 288 g/mol. The van der Waals surface area contributed by atoms with Gasteiger partial charge < -0.3 is 19.0 Å². The van der Waals surface area contributed by atoms with E-state index in [4.69, 9.17) is 19.0 Å². The van der Waals surface area contributed by atoms with Crippen LogP contribution in [0.4, 0.5) is 0 Å². The van der Waals surface area contributed by atoms with Gasteiger partial charge in [-0.25, -0.2) is 4.79 Å². The second-order valence-corrected chi connectivity index (χ2v) is 5.65.